The third-order valence-electron chi connectivity index (χ3n) is 2.79. The summed E-state index contributed by atoms with van der Waals surface area (Å²) in [5.74, 6) is -0.358. The van der Waals surface area contributed by atoms with Crippen LogP contribution in [0.5, 0.6) is 0 Å². The quantitative estimate of drug-likeness (QED) is 0.850. The summed E-state index contributed by atoms with van der Waals surface area (Å²) >= 11 is 0. The van der Waals surface area contributed by atoms with E-state index in [0.29, 0.717) is 30.9 Å². The highest BCUT2D eigenvalue weighted by atomic mass is 35.5. The van der Waals surface area contributed by atoms with Gasteiger partial charge in [0.05, 0.1) is 11.9 Å². The highest BCUT2D eigenvalue weighted by Gasteiger charge is 2.09. The Kier molecular flexibility index (Phi) is 6.70. The van der Waals surface area contributed by atoms with Gasteiger partial charge in [-0.05, 0) is 13.0 Å². The smallest absolute Gasteiger partial charge is 0.257 e. The molecule has 5 nitrogen and oxygen atoms in total. The van der Waals surface area contributed by atoms with Gasteiger partial charge in [-0.1, -0.05) is 0 Å². The van der Waals surface area contributed by atoms with Crippen molar-refractivity contribution in [2.24, 2.45) is 0 Å². The van der Waals surface area contributed by atoms with Crippen molar-refractivity contribution in [2.45, 2.75) is 39.5 Å². The van der Waals surface area contributed by atoms with Crippen LogP contribution >= 0.6 is 12.4 Å². The van der Waals surface area contributed by atoms with Crippen molar-refractivity contribution in [2.75, 3.05) is 0 Å². The third-order valence-corrected chi connectivity index (χ3v) is 2.79. The Labute approximate surface area is 126 Å². The molecule has 9 heteroatoms. The molecule has 0 atom stereocenters. The summed E-state index contributed by atoms with van der Waals surface area (Å²) < 4.78 is 40.4. The van der Waals surface area contributed by atoms with Crippen molar-refractivity contribution in [3.8, 4) is 0 Å². The molecule has 2 aromatic rings. The predicted molar refractivity (Wildman–Crippen MR) is 73.9 cm³/mol. The van der Waals surface area contributed by atoms with E-state index in [2.05, 4.69) is 15.5 Å². The minimum Gasteiger partial charge on any atom is -0.307 e. The Morgan fingerprint density at radius 3 is 2.71 bits per heavy atom. The number of halogens is 4. The fraction of sp³-hybridized carbons (Fsp3) is 0.500. The van der Waals surface area contributed by atoms with Crippen LogP contribution in [0.15, 0.2) is 18.5 Å². The molecule has 0 bridgehead atoms. The summed E-state index contributed by atoms with van der Waals surface area (Å²) in [4.78, 5) is 0. The maximum atomic E-state index is 13.7. The van der Waals surface area contributed by atoms with Gasteiger partial charge < -0.3 is 5.32 Å². The van der Waals surface area contributed by atoms with E-state index in [1.165, 1.54) is 21.8 Å². The topological polar surface area (TPSA) is 47.7 Å². The minimum atomic E-state index is -2.43. The number of alkyl halides is 2. The van der Waals surface area contributed by atoms with E-state index in [-0.39, 0.29) is 18.4 Å². The first kappa shape index (κ1) is 17.5. The van der Waals surface area contributed by atoms with Crippen LogP contribution in [0.4, 0.5) is 13.2 Å². The van der Waals surface area contributed by atoms with Gasteiger partial charge in [0.25, 0.3) is 6.43 Å². The van der Waals surface area contributed by atoms with E-state index in [1.54, 1.807) is 6.07 Å². The molecule has 0 aliphatic rings. The summed E-state index contributed by atoms with van der Waals surface area (Å²) in [5, 5.41) is 10.9. The van der Waals surface area contributed by atoms with Gasteiger partial charge in [-0.15, -0.1) is 12.4 Å². The van der Waals surface area contributed by atoms with Crippen LogP contribution in [-0.2, 0) is 26.2 Å². The number of nitrogens with zero attached hydrogens (tertiary/aromatic N) is 4. The molecular weight excluding hydrogens is 307 g/mol. The van der Waals surface area contributed by atoms with Crippen LogP contribution < -0.4 is 5.32 Å². The standard InChI is InChI=1S/C12H16F3N5.ClH/c1-2-20-12(15)9(6-17-20)5-16-7-10-3-4-19(18-10)8-11(13)14;/h3-4,6,11,16H,2,5,7-8H2,1H3;1H. The Hall–Kier alpha value is -1.54. The molecule has 0 fully saturated rings. The fourth-order valence-corrected chi connectivity index (χ4v) is 1.81. The molecule has 0 spiro atoms. The first-order valence-corrected chi connectivity index (χ1v) is 6.31. The van der Waals surface area contributed by atoms with Gasteiger partial charge in [-0.25, -0.2) is 13.5 Å². The van der Waals surface area contributed by atoms with Gasteiger partial charge in [0.2, 0.25) is 5.95 Å². The van der Waals surface area contributed by atoms with E-state index in [1.807, 2.05) is 6.92 Å². The Bertz CT molecular complexity index is 555. The molecule has 21 heavy (non-hydrogen) atoms. The zero-order valence-corrected chi connectivity index (χ0v) is 12.3. The van der Waals surface area contributed by atoms with Gasteiger partial charge >= 0.3 is 0 Å². The van der Waals surface area contributed by atoms with Crippen molar-refractivity contribution in [1.82, 2.24) is 24.9 Å². The molecule has 0 unspecified atom stereocenters. The number of hydrogen-bond donors (Lipinski definition) is 1. The molecular formula is C12H17ClF3N5. The fourth-order valence-electron chi connectivity index (χ4n) is 1.81. The van der Waals surface area contributed by atoms with Gasteiger partial charge in [-0.2, -0.15) is 14.6 Å². The molecule has 2 aromatic heterocycles. The minimum absolute atomic E-state index is 0. The van der Waals surface area contributed by atoms with Gasteiger partial charge in [-0.3, -0.25) is 4.68 Å². The molecule has 0 amide bonds. The third kappa shape index (κ3) is 4.75. The second-order valence-corrected chi connectivity index (χ2v) is 4.30. The van der Waals surface area contributed by atoms with Crippen molar-refractivity contribution in [3.05, 3.63) is 35.7 Å². The predicted octanol–water partition coefficient (Wildman–Crippen LogP) is 2.22. The second-order valence-electron chi connectivity index (χ2n) is 4.30. The Morgan fingerprint density at radius 1 is 1.33 bits per heavy atom. The normalized spacial score (nSPS) is 10.9. The number of hydrogen-bond acceptors (Lipinski definition) is 3. The number of nitrogens with one attached hydrogen (secondary N) is 1. The maximum Gasteiger partial charge on any atom is 0.257 e. The van der Waals surface area contributed by atoms with Crippen molar-refractivity contribution in [3.63, 3.8) is 0 Å². The first-order valence-electron chi connectivity index (χ1n) is 6.31. The molecule has 1 N–H and O–H groups in total. The molecule has 0 saturated heterocycles. The molecule has 0 saturated carbocycles. The molecule has 0 aliphatic carbocycles. The van der Waals surface area contributed by atoms with Crippen LogP contribution in [-0.4, -0.2) is 26.0 Å². The van der Waals surface area contributed by atoms with Gasteiger partial charge in [0.15, 0.2) is 0 Å². The highest BCUT2D eigenvalue weighted by Crippen LogP contribution is 2.06. The summed E-state index contributed by atoms with van der Waals surface area (Å²) in [7, 11) is 0. The van der Waals surface area contributed by atoms with Gasteiger partial charge in [0.1, 0.15) is 6.54 Å². The first-order chi connectivity index (χ1) is 9.60. The monoisotopic (exact) mass is 323 g/mol. The summed E-state index contributed by atoms with van der Waals surface area (Å²) in [6, 6.07) is 1.65. The van der Waals surface area contributed by atoms with Crippen molar-refractivity contribution >= 4 is 12.4 Å². The highest BCUT2D eigenvalue weighted by molar-refractivity contribution is 5.85. The van der Waals surface area contributed by atoms with Crippen LogP contribution in [0.25, 0.3) is 0 Å². The summed E-state index contributed by atoms with van der Waals surface area (Å²) in [6.07, 6.45) is 0.546. The average molecular weight is 324 g/mol. The number of aromatic nitrogens is 4. The van der Waals surface area contributed by atoms with Crippen molar-refractivity contribution < 1.29 is 13.2 Å². The molecule has 0 aromatic carbocycles. The maximum absolute atomic E-state index is 13.7. The van der Waals surface area contributed by atoms with E-state index < -0.39 is 13.0 Å². The Morgan fingerprint density at radius 2 is 2.10 bits per heavy atom. The van der Waals surface area contributed by atoms with E-state index in [9.17, 15) is 13.2 Å². The van der Waals surface area contributed by atoms with E-state index in [4.69, 9.17) is 0 Å². The van der Waals surface area contributed by atoms with E-state index in [0.717, 1.165) is 0 Å². The summed E-state index contributed by atoms with van der Waals surface area (Å²) in [6.45, 7) is 2.56. The summed E-state index contributed by atoms with van der Waals surface area (Å²) in [5.41, 5.74) is 1.10. The van der Waals surface area contributed by atoms with Crippen LogP contribution in [0, 0.1) is 5.95 Å². The molecule has 2 rings (SSSR count). The number of rotatable bonds is 7. The van der Waals surface area contributed by atoms with Gasteiger partial charge in [0, 0.05) is 31.4 Å². The van der Waals surface area contributed by atoms with Crippen LogP contribution in [0.2, 0.25) is 0 Å². The molecule has 0 aliphatic heterocycles. The molecule has 0 radical (unpaired) electrons. The zero-order valence-electron chi connectivity index (χ0n) is 11.5. The molecule has 2 heterocycles. The second kappa shape index (κ2) is 8.04. The van der Waals surface area contributed by atoms with E-state index >= 15 is 0 Å². The Balaban J connectivity index is 0.00000220. The zero-order chi connectivity index (χ0) is 14.5. The van der Waals surface area contributed by atoms with Crippen LogP contribution in [0.1, 0.15) is 18.2 Å². The lowest BCUT2D eigenvalue weighted by molar-refractivity contribution is 0.121. The number of aryl methyl sites for hydroxylation is 1. The molecule has 118 valence electrons. The lowest BCUT2D eigenvalue weighted by Crippen LogP contribution is -2.15. The SMILES string of the molecule is CCn1ncc(CNCc2ccn(CC(F)F)n2)c1F.Cl. The van der Waals surface area contributed by atoms with Crippen molar-refractivity contribution in [1.29, 1.82) is 0 Å². The lowest BCUT2D eigenvalue weighted by Gasteiger charge is -2.02. The largest absolute Gasteiger partial charge is 0.307 e. The lowest BCUT2D eigenvalue weighted by atomic mass is 10.3. The van der Waals surface area contributed by atoms with Crippen LogP contribution in [0.3, 0.4) is 0 Å². The average Bonchev–Trinajstić information content (AvgIpc) is 2.97.